The van der Waals surface area contributed by atoms with E-state index in [-0.39, 0.29) is 5.91 Å². The second-order valence-corrected chi connectivity index (χ2v) is 7.17. The van der Waals surface area contributed by atoms with Gasteiger partial charge in [0.15, 0.2) is 5.13 Å². The molecule has 3 rings (SSSR count). The number of anilines is 1. The number of carbonyl (C=O) groups is 1. The Morgan fingerprint density at radius 2 is 1.81 bits per heavy atom. The topological polar surface area (TPSA) is 60.5 Å². The Hall–Kier alpha value is -2.86. The molecule has 0 fully saturated rings. The number of para-hydroxylation sites is 1. The fourth-order valence-electron chi connectivity index (χ4n) is 2.59. The monoisotopic (exact) mass is 382 g/mol. The molecule has 0 aliphatic rings. The lowest BCUT2D eigenvalue weighted by atomic mass is 10.1. The smallest absolute Gasteiger partial charge is 0.226 e. The van der Waals surface area contributed by atoms with Crippen LogP contribution in [0.1, 0.15) is 17.7 Å². The molecule has 0 aliphatic carbocycles. The van der Waals surface area contributed by atoms with Gasteiger partial charge in [0.25, 0.3) is 0 Å². The summed E-state index contributed by atoms with van der Waals surface area (Å²) < 4.78 is 10.8. The first-order valence-corrected chi connectivity index (χ1v) is 9.57. The van der Waals surface area contributed by atoms with E-state index in [0.717, 1.165) is 27.6 Å². The van der Waals surface area contributed by atoms with Crippen LogP contribution in [0.15, 0.2) is 54.6 Å². The van der Waals surface area contributed by atoms with Crippen molar-refractivity contribution in [3.63, 3.8) is 0 Å². The van der Waals surface area contributed by atoms with Crippen LogP contribution in [0.4, 0.5) is 5.13 Å². The normalized spacial score (nSPS) is 10.4. The van der Waals surface area contributed by atoms with E-state index in [1.807, 2.05) is 61.5 Å². The van der Waals surface area contributed by atoms with Gasteiger partial charge in [-0.1, -0.05) is 18.2 Å². The van der Waals surface area contributed by atoms with Crippen LogP contribution in [0.2, 0.25) is 0 Å². The Morgan fingerprint density at radius 3 is 2.52 bits per heavy atom. The average Bonchev–Trinajstić information content (AvgIpc) is 3.06. The van der Waals surface area contributed by atoms with Gasteiger partial charge < -0.3 is 14.8 Å². The molecule has 1 aromatic heterocycles. The maximum Gasteiger partial charge on any atom is 0.226 e. The summed E-state index contributed by atoms with van der Waals surface area (Å²) in [4.78, 5) is 17.8. The zero-order valence-corrected chi connectivity index (χ0v) is 16.2. The third kappa shape index (κ3) is 5.31. The lowest BCUT2D eigenvalue weighted by molar-refractivity contribution is -0.116. The van der Waals surface area contributed by atoms with Crippen LogP contribution in [-0.4, -0.2) is 24.6 Å². The van der Waals surface area contributed by atoms with Crippen LogP contribution in [0.25, 0.3) is 11.3 Å². The zero-order chi connectivity index (χ0) is 19.1. The van der Waals surface area contributed by atoms with Crippen molar-refractivity contribution < 1.29 is 14.3 Å². The standard InChI is InChI=1S/C21H22N2O3S/c1-15-20(16-10-12-17(25-2)13-11-16)23-21(27-15)22-19(24)9-6-14-26-18-7-4-3-5-8-18/h3-5,7-8,10-13H,6,9,14H2,1-2H3,(H,22,23,24). The van der Waals surface area contributed by atoms with Crippen molar-refractivity contribution in [1.82, 2.24) is 4.98 Å². The summed E-state index contributed by atoms with van der Waals surface area (Å²) in [5, 5.41) is 3.50. The summed E-state index contributed by atoms with van der Waals surface area (Å²) in [6.45, 7) is 2.51. The Labute approximate surface area is 163 Å². The van der Waals surface area contributed by atoms with E-state index in [2.05, 4.69) is 10.3 Å². The van der Waals surface area contributed by atoms with Crippen molar-refractivity contribution in [2.45, 2.75) is 19.8 Å². The Kier molecular flexibility index (Phi) is 6.44. The zero-order valence-electron chi connectivity index (χ0n) is 15.4. The van der Waals surface area contributed by atoms with Crippen LogP contribution >= 0.6 is 11.3 Å². The fraction of sp³-hybridized carbons (Fsp3) is 0.238. The number of amides is 1. The van der Waals surface area contributed by atoms with Gasteiger partial charge in [0, 0.05) is 16.9 Å². The van der Waals surface area contributed by atoms with Gasteiger partial charge in [-0.15, -0.1) is 11.3 Å². The maximum atomic E-state index is 12.1. The van der Waals surface area contributed by atoms with Gasteiger partial charge in [-0.3, -0.25) is 4.79 Å². The highest BCUT2D eigenvalue weighted by Crippen LogP contribution is 2.31. The first kappa shape index (κ1) is 18.9. The average molecular weight is 382 g/mol. The van der Waals surface area contributed by atoms with Gasteiger partial charge in [0.1, 0.15) is 11.5 Å². The number of carbonyl (C=O) groups excluding carboxylic acids is 1. The third-order valence-electron chi connectivity index (χ3n) is 3.97. The molecule has 1 heterocycles. The van der Waals surface area contributed by atoms with E-state index in [0.29, 0.717) is 24.6 Å². The molecule has 0 atom stereocenters. The van der Waals surface area contributed by atoms with Gasteiger partial charge in [-0.05, 0) is 49.7 Å². The molecule has 5 nitrogen and oxygen atoms in total. The number of hydrogen-bond donors (Lipinski definition) is 1. The van der Waals surface area contributed by atoms with E-state index >= 15 is 0 Å². The minimum atomic E-state index is -0.0540. The molecule has 0 unspecified atom stereocenters. The van der Waals surface area contributed by atoms with E-state index in [1.165, 1.54) is 11.3 Å². The molecule has 0 radical (unpaired) electrons. The largest absolute Gasteiger partial charge is 0.497 e. The lowest BCUT2D eigenvalue weighted by Crippen LogP contribution is -2.12. The second kappa shape index (κ2) is 9.19. The van der Waals surface area contributed by atoms with E-state index in [1.54, 1.807) is 7.11 Å². The van der Waals surface area contributed by atoms with Crippen LogP contribution in [0, 0.1) is 6.92 Å². The van der Waals surface area contributed by atoms with Gasteiger partial charge in [0.2, 0.25) is 5.91 Å². The SMILES string of the molecule is COc1ccc(-c2nc(NC(=O)CCCOc3ccccc3)sc2C)cc1. The quantitative estimate of drug-likeness (QED) is 0.562. The molecule has 0 saturated heterocycles. The summed E-state index contributed by atoms with van der Waals surface area (Å²) in [7, 11) is 1.64. The number of ether oxygens (including phenoxy) is 2. The summed E-state index contributed by atoms with van der Waals surface area (Å²) in [5.74, 6) is 1.57. The number of aryl methyl sites for hydroxylation is 1. The van der Waals surface area contributed by atoms with Crippen LogP contribution in [0.3, 0.4) is 0 Å². The highest BCUT2D eigenvalue weighted by atomic mass is 32.1. The number of hydrogen-bond acceptors (Lipinski definition) is 5. The van der Waals surface area contributed by atoms with E-state index in [9.17, 15) is 4.79 Å². The number of benzene rings is 2. The summed E-state index contributed by atoms with van der Waals surface area (Å²) >= 11 is 1.48. The molecule has 0 bridgehead atoms. The molecular weight excluding hydrogens is 360 g/mol. The van der Waals surface area contributed by atoms with Crippen LogP contribution < -0.4 is 14.8 Å². The first-order valence-electron chi connectivity index (χ1n) is 8.75. The highest BCUT2D eigenvalue weighted by Gasteiger charge is 2.12. The fourth-order valence-corrected chi connectivity index (χ4v) is 3.44. The minimum absolute atomic E-state index is 0.0540. The van der Waals surface area contributed by atoms with E-state index in [4.69, 9.17) is 9.47 Å². The number of thiazole rings is 1. The first-order chi connectivity index (χ1) is 13.2. The number of methoxy groups -OCH3 is 1. The number of nitrogens with one attached hydrogen (secondary N) is 1. The lowest BCUT2D eigenvalue weighted by Gasteiger charge is -2.05. The molecule has 0 aliphatic heterocycles. The molecule has 0 spiro atoms. The highest BCUT2D eigenvalue weighted by molar-refractivity contribution is 7.16. The van der Waals surface area contributed by atoms with Crippen molar-refractivity contribution in [2.75, 3.05) is 19.0 Å². The number of aromatic nitrogens is 1. The van der Waals surface area contributed by atoms with Crippen molar-refractivity contribution in [3.05, 3.63) is 59.5 Å². The van der Waals surface area contributed by atoms with Gasteiger partial charge >= 0.3 is 0 Å². The molecule has 3 aromatic rings. The van der Waals surface area contributed by atoms with Crippen LogP contribution in [0.5, 0.6) is 11.5 Å². The second-order valence-electron chi connectivity index (χ2n) is 5.97. The predicted molar refractivity (Wildman–Crippen MR) is 109 cm³/mol. The van der Waals surface area contributed by atoms with Crippen molar-refractivity contribution in [2.24, 2.45) is 0 Å². The molecule has 6 heteroatoms. The molecule has 0 saturated carbocycles. The summed E-state index contributed by atoms with van der Waals surface area (Å²) in [6.07, 6.45) is 1.04. The van der Waals surface area contributed by atoms with Gasteiger partial charge in [0.05, 0.1) is 19.4 Å². The summed E-state index contributed by atoms with van der Waals surface area (Å²) in [6, 6.07) is 17.3. The third-order valence-corrected chi connectivity index (χ3v) is 4.85. The number of rotatable bonds is 8. The molecule has 2 aromatic carbocycles. The molecule has 1 amide bonds. The Bertz CT molecular complexity index is 876. The van der Waals surface area contributed by atoms with Gasteiger partial charge in [-0.2, -0.15) is 0 Å². The molecular formula is C21H22N2O3S. The summed E-state index contributed by atoms with van der Waals surface area (Å²) in [5.41, 5.74) is 1.88. The molecule has 140 valence electrons. The number of nitrogens with zero attached hydrogens (tertiary/aromatic N) is 1. The van der Waals surface area contributed by atoms with Crippen molar-refractivity contribution in [3.8, 4) is 22.8 Å². The van der Waals surface area contributed by atoms with Crippen LogP contribution in [-0.2, 0) is 4.79 Å². The maximum absolute atomic E-state index is 12.1. The van der Waals surface area contributed by atoms with Crippen molar-refractivity contribution >= 4 is 22.4 Å². The Morgan fingerprint density at radius 1 is 1.07 bits per heavy atom. The molecule has 1 N–H and O–H groups in total. The Balaban J connectivity index is 1.50. The predicted octanol–water partition coefficient (Wildman–Crippen LogP) is 4.92. The minimum Gasteiger partial charge on any atom is -0.497 e. The van der Waals surface area contributed by atoms with Crippen molar-refractivity contribution in [1.29, 1.82) is 0 Å². The van der Waals surface area contributed by atoms with E-state index < -0.39 is 0 Å². The molecule has 27 heavy (non-hydrogen) atoms. The van der Waals surface area contributed by atoms with Gasteiger partial charge in [-0.25, -0.2) is 4.98 Å².